The van der Waals surface area contributed by atoms with Gasteiger partial charge in [0.1, 0.15) is 35.7 Å². The fourth-order valence-electron chi connectivity index (χ4n) is 6.74. The van der Waals surface area contributed by atoms with Crippen molar-refractivity contribution in [1.29, 1.82) is 0 Å². The number of nitrogens with one attached hydrogen (secondary N) is 1. The van der Waals surface area contributed by atoms with Crippen molar-refractivity contribution in [1.82, 2.24) is 14.9 Å². The highest BCUT2D eigenvalue weighted by Gasteiger charge is 2.44. The molecular formula is C31H37F2N5O4. The van der Waals surface area contributed by atoms with Crippen molar-refractivity contribution >= 4 is 28.2 Å². The number of anilines is 2. The zero-order chi connectivity index (χ0) is 29.6. The first-order valence-electron chi connectivity index (χ1n) is 14.7. The Morgan fingerprint density at radius 3 is 2.79 bits per heavy atom. The molecule has 0 saturated carbocycles. The first-order valence-corrected chi connectivity index (χ1v) is 14.7. The average molecular weight is 582 g/mol. The summed E-state index contributed by atoms with van der Waals surface area (Å²) in [6.45, 7) is 5.67. The van der Waals surface area contributed by atoms with Gasteiger partial charge in [-0.15, -0.1) is 0 Å². The summed E-state index contributed by atoms with van der Waals surface area (Å²) in [5, 5.41) is 15.1. The van der Waals surface area contributed by atoms with Crippen LogP contribution in [-0.2, 0) is 17.7 Å². The molecule has 3 aliphatic heterocycles. The quantitative estimate of drug-likeness (QED) is 0.365. The first kappa shape index (κ1) is 28.5. The third-order valence-corrected chi connectivity index (χ3v) is 8.85. The number of amides is 1. The summed E-state index contributed by atoms with van der Waals surface area (Å²) in [5.74, 6) is -0.403. The molecule has 224 valence electrons. The van der Waals surface area contributed by atoms with Gasteiger partial charge in [0.2, 0.25) is 0 Å². The Kier molecular flexibility index (Phi) is 7.65. The lowest BCUT2D eigenvalue weighted by molar-refractivity contribution is 0.0822. The van der Waals surface area contributed by atoms with E-state index in [0.29, 0.717) is 71.7 Å². The van der Waals surface area contributed by atoms with Gasteiger partial charge >= 0.3 is 6.01 Å². The molecule has 1 amide bonds. The molecule has 2 saturated heterocycles. The van der Waals surface area contributed by atoms with Gasteiger partial charge < -0.3 is 24.8 Å². The van der Waals surface area contributed by atoms with Crippen molar-refractivity contribution in [3.8, 4) is 11.8 Å². The number of hydrogen-bond donors (Lipinski definition) is 2. The monoisotopic (exact) mass is 581 g/mol. The van der Waals surface area contributed by atoms with Crippen LogP contribution in [0.4, 0.5) is 20.3 Å². The third kappa shape index (κ3) is 5.02. The van der Waals surface area contributed by atoms with E-state index >= 15 is 0 Å². The molecule has 2 fully saturated rings. The van der Waals surface area contributed by atoms with Crippen molar-refractivity contribution in [2.45, 2.75) is 70.2 Å². The number of phenolic OH excluding ortho intramolecular Hbond substituents is 1. The number of fused-ring (bicyclic) bond motifs is 2. The van der Waals surface area contributed by atoms with E-state index in [9.17, 15) is 18.7 Å². The molecular weight excluding hydrogens is 544 g/mol. The molecule has 3 aromatic rings. The Morgan fingerprint density at radius 2 is 2.10 bits per heavy atom. The molecule has 4 heterocycles. The summed E-state index contributed by atoms with van der Waals surface area (Å²) >= 11 is 0. The van der Waals surface area contributed by atoms with Crippen molar-refractivity contribution < 1.29 is 28.2 Å². The number of carbonyl (C=O) groups excluding carboxylic acids is 1. The van der Waals surface area contributed by atoms with Gasteiger partial charge in [0.25, 0.3) is 5.91 Å². The van der Waals surface area contributed by atoms with Crippen LogP contribution in [0.2, 0.25) is 0 Å². The molecule has 0 spiro atoms. The molecule has 3 aliphatic rings. The van der Waals surface area contributed by atoms with Crippen molar-refractivity contribution in [2.75, 3.05) is 43.6 Å². The molecule has 0 bridgehead atoms. The molecule has 3 atom stereocenters. The van der Waals surface area contributed by atoms with Gasteiger partial charge in [-0.3, -0.25) is 9.69 Å². The second-order valence-corrected chi connectivity index (χ2v) is 11.7. The molecule has 2 aromatic carbocycles. The van der Waals surface area contributed by atoms with Gasteiger partial charge in [-0.1, -0.05) is 26.3 Å². The minimum absolute atomic E-state index is 0.0282. The van der Waals surface area contributed by atoms with E-state index in [1.165, 1.54) is 17.0 Å². The standard InChI is InChI=1S/C31H37F2N5O4/c1-4-9-31(13-19(32)14-37(31)3)17-42-30-35-24-15-38(29(40)27(24)28(36-30)34-20-8-10-41-16-20)25-12-21(39)11-18-6-7-23(33)22(5-2)26(18)25/h6-7,11-12,19-20,39H,4-5,8-10,13-17H2,1-3H3,(H,34,35,36). The maximum absolute atomic E-state index is 14.9. The lowest BCUT2D eigenvalue weighted by Crippen LogP contribution is -2.46. The van der Waals surface area contributed by atoms with Crippen LogP contribution in [-0.4, -0.2) is 77.0 Å². The maximum Gasteiger partial charge on any atom is 0.318 e. The van der Waals surface area contributed by atoms with Crippen LogP contribution in [0.25, 0.3) is 10.8 Å². The van der Waals surface area contributed by atoms with Crippen LogP contribution in [0.5, 0.6) is 11.8 Å². The fourth-order valence-corrected chi connectivity index (χ4v) is 6.74. The minimum Gasteiger partial charge on any atom is -0.508 e. The van der Waals surface area contributed by atoms with Gasteiger partial charge in [0.15, 0.2) is 0 Å². The molecule has 3 unspecified atom stereocenters. The van der Waals surface area contributed by atoms with Crippen LogP contribution in [0.15, 0.2) is 24.3 Å². The van der Waals surface area contributed by atoms with Gasteiger partial charge in [-0.2, -0.15) is 9.97 Å². The Hall–Kier alpha value is -3.57. The number of hydrogen-bond acceptors (Lipinski definition) is 8. The third-order valence-electron chi connectivity index (χ3n) is 8.85. The second kappa shape index (κ2) is 11.3. The summed E-state index contributed by atoms with van der Waals surface area (Å²) in [4.78, 5) is 26.9. The molecule has 0 radical (unpaired) electrons. The lowest BCUT2D eigenvalue weighted by atomic mass is 9.91. The molecule has 6 rings (SSSR count). The highest BCUT2D eigenvalue weighted by Crippen LogP contribution is 2.41. The van der Waals surface area contributed by atoms with E-state index in [4.69, 9.17) is 9.47 Å². The van der Waals surface area contributed by atoms with E-state index in [0.717, 1.165) is 19.3 Å². The summed E-state index contributed by atoms with van der Waals surface area (Å²) in [6.07, 6.45) is 2.27. The number of aromatic hydroxyl groups is 1. The van der Waals surface area contributed by atoms with Gasteiger partial charge in [0.05, 0.1) is 36.1 Å². The molecule has 0 aliphatic carbocycles. The van der Waals surface area contributed by atoms with Crippen molar-refractivity contribution in [2.24, 2.45) is 0 Å². The average Bonchev–Trinajstić information content (AvgIpc) is 3.65. The van der Waals surface area contributed by atoms with Crippen molar-refractivity contribution in [3.63, 3.8) is 0 Å². The highest BCUT2D eigenvalue weighted by molar-refractivity contribution is 6.16. The predicted molar refractivity (Wildman–Crippen MR) is 156 cm³/mol. The smallest absolute Gasteiger partial charge is 0.318 e. The predicted octanol–water partition coefficient (Wildman–Crippen LogP) is 4.99. The Bertz CT molecular complexity index is 1510. The van der Waals surface area contributed by atoms with Crippen LogP contribution >= 0.6 is 0 Å². The fraction of sp³-hybridized carbons (Fsp3) is 0.516. The zero-order valence-corrected chi connectivity index (χ0v) is 24.3. The number of halogens is 2. The number of phenols is 1. The van der Waals surface area contributed by atoms with E-state index in [1.54, 1.807) is 12.1 Å². The van der Waals surface area contributed by atoms with Crippen LogP contribution in [0.1, 0.15) is 61.1 Å². The number of likely N-dealkylation sites (N-methyl/N-ethyl adjacent to an activating group) is 1. The topological polar surface area (TPSA) is 100 Å². The molecule has 11 heteroatoms. The number of alkyl halides is 1. The number of rotatable bonds is 9. The minimum atomic E-state index is -0.924. The number of carbonyl (C=O) groups is 1. The first-order chi connectivity index (χ1) is 20.2. The van der Waals surface area contributed by atoms with Gasteiger partial charge in [-0.05, 0) is 49.4 Å². The molecule has 2 N–H and O–H groups in total. The number of benzene rings is 2. The molecule has 9 nitrogen and oxygen atoms in total. The Balaban J connectivity index is 1.39. The van der Waals surface area contributed by atoms with Crippen LogP contribution < -0.4 is 15.0 Å². The number of aryl methyl sites for hydroxylation is 1. The molecule has 42 heavy (non-hydrogen) atoms. The van der Waals surface area contributed by atoms with E-state index in [2.05, 4.69) is 22.2 Å². The van der Waals surface area contributed by atoms with Crippen LogP contribution in [0, 0.1) is 5.82 Å². The van der Waals surface area contributed by atoms with Crippen molar-refractivity contribution in [3.05, 3.63) is 46.9 Å². The SMILES string of the molecule is CCCC1(COc2nc3c(c(NC4CCOC4)n2)C(=O)N(c2cc(O)cc4ccc(F)c(CC)c24)C3)CC(F)CN1C. The van der Waals surface area contributed by atoms with Gasteiger partial charge in [0, 0.05) is 31.0 Å². The number of nitrogens with zero attached hydrogens (tertiary/aromatic N) is 4. The summed E-state index contributed by atoms with van der Waals surface area (Å²) in [5.41, 5.74) is 1.18. The highest BCUT2D eigenvalue weighted by atomic mass is 19.1. The summed E-state index contributed by atoms with van der Waals surface area (Å²) in [7, 11) is 1.92. The Morgan fingerprint density at radius 1 is 1.26 bits per heavy atom. The number of likely N-dealkylation sites (tertiary alicyclic amines) is 1. The number of aromatic nitrogens is 2. The molecule has 1 aromatic heterocycles. The van der Waals surface area contributed by atoms with E-state index < -0.39 is 11.7 Å². The summed E-state index contributed by atoms with van der Waals surface area (Å²) in [6, 6.07) is 6.11. The second-order valence-electron chi connectivity index (χ2n) is 11.7. The zero-order valence-electron chi connectivity index (χ0n) is 24.3. The van der Waals surface area contributed by atoms with E-state index in [1.807, 2.05) is 18.9 Å². The maximum atomic E-state index is 14.9. The largest absolute Gasteiger partial charge is 0.508 e. The van der Waals surface area contributed by atoms with E-state index in [-0.39, 0.29) is 42.7 Å². The number of ether oxygens (including phenoxy) is 2. The normalized spacial score (nSPS) is 24.1. The van der Waals surface area contributed by atoms with Crippen LogP contribution in [0.3, 0.4) is 0 Å². The lowest BCUT2D eigenvalue weighted by Gasteiger charge is -2.35. The Labute approximate surface area is 243 Å². The van der Waals surface area contributed by atoms with Gasteiger partial charge in [-0.25, -0.2) is 8.78 Å². The summed E-state index contributed by atoms with van der Waals surface area (Å²) < 4.78 is 41.0.